The summed E-state index contributed by atoms with van der Waals surface area (Å²) in [7, 11) is 0. The Kier molecular flexibility index (Phi) is 4.16. The number of carboxylic acids is 1. The van der Waals surface area contributed by atoms with Crippen LogP contribution in [0, 0.1) is 6.92 Å². The molecule has 4 nitrogen and oxygen atoms in total. The summed E-state index contributed by atoms with van der Waals surface area (Å²) in [5, 5.41) is 8.94. The SMILES string of the molecule is Cc1cncc(COc2cc(C(=O)O)ccc2Br)c1. The van der Waals surface area contributed by atoms with Crippen LogP contribution in [-0.2, 0) is 6.61 Å². The summed E-state index contributed by atoms with van der Waals surface area (Å²) >= 11 is 3.33. The molecule has 0 fully saturated rings. The molecule has 1 aromatic carbocycles. The van der Waals surface area contributed by atoms with Crippen LogP contribution in [-0.4, -0.2) is 16.1 Å². The van der Waals surface area contributed by atoms with Gasteiger partial charge in [0.1, 0.15) is 12.4 Å². The molecule has 0 unspecified atom stereocenters. The Morgan fingerprint density at radius 3 is 2.84 bits per heavy atom. The van der Waals surface area contributed by atoms with Crippen molar-refractivity contribution in [1.82, 2.24) is 4.98 Å². The summed E-state index contributed by atoms with van der Waals surface area (Å²) in [4.78, 5) is 15.0. The first-order chi connectivity index (χ1) is 9.06. The second kappa shape index (κ2) is 5.84. The zero-order chi connectivity index (χ0) is 13.8. The van der Waals surface area contributed by atoms with Crippen LogP contribution in [0.4, 0.5) is 0 Å². The number of carbonyl (C=O) groups is 1. The van der Waals surface area contributed by atoms with Gasteiger partial charge in [-0.15, -0.1) is 0 Å². The fourth-order valence-corrected chi connectivity index (χ4v) is 1.97. The highest BCUT2D eigenvalue weighted by Crippen LogP contribution is 2.27. The summed E-state index contributed by atoms with van der Waals surface area (Å²) in [5.41, 5.74) is 2.19. The van der Waals surface area contributed by atoms with E-state index in [1.165, 1.54) is 12.1 Å². The molecule has 0 aliphatic carbocycles. The van der Waals surface area contributed by atoms with E-state index >= 15 is 0 Å². The minimum Gasteiger partial charge on any atom is -0.488 e. The predicted octanol–water partition coefficient (Wildman–Crippen LogP) is 3.43. The van der Waals surface area contributed by atoms with E-state index < -0.39 is 5.97 Å². The van der Waals surface area contributed by atoms with Gasteiger partial charge in [-0.2, -0.15) is 0 Å². The second-order valence-electron chi connectivity index (χ2n) is 4.11. The first-order valence-corrected chi connectivity index (χ1v) is 6.42. The third-order valence-corrected chi connectivity index (χ3v) is 3.16. The van der Waals surface area contributed by atoms with Crippen molar-refractivity contribution in [1.29, 1.82) is 0 Å². The molecule has 1 aromatic heterocycles. The van der Waals surface area contributed by atoms with Gasteiger partial charge >= 0.3 is 5.97 Å². The first kappa shape index (κ1) is 13.5. The van der Waals surface area contributed by atoms with Crippen LogP contribution in [0.3, 0.4) is 0 Å². The lowest BCUT2D eigenvalue weighted by Crippen LogP contribution is -2.00. The van der Waals surface area contributed by atoms with Crippen LogP contribution in [0.25, 0.3) is 0 Å². The molecule has 19 heavy (non-hydrogen) atoms. The highest BCUT2D eigenvalue weighted by atomic mass is 79.9. The number of aromatic carboxylic acids is 1. The van der Waals surface area contributed by atoms with Crippen LogP contribution in [0.15, 0.2) is 41.1 Å². The molecule has 0 atom stereocenters. The monoisotopic (exact) mass is 321 g/mol. The van der Waals surface area contributed by atoms with Crippen molar-refractivity contribution >= 4 is 21.9 Å². The molecule has 0 bridgehead atoms. The Hall–Kier alpha value is -1.88. The molecule has 0 aliphatic heterocycles. The Morgan fingerprint density at radius 2 is 2.16 bits per heavy atom. The average molecular weight is 322 g/mol. The number of ether oxygens (including phenoxy) is 1. The Bertz CT molecular complexity index is 613. The van der Waals surface area contributed by atoms with E-state index in [0.29, 0.717) is 12.4 Å². The van der Waals surface area contributed by atoms with Crippen LogP contribution in [0.5, 0.6) is 5.75 Å². The Labute approximate surface area is 119 Å². The van der Waals surface area contributed by atoms with Gasteiger partial charge in [0.15, 0.2) is 0 Å². The van der Waals surface area contributed by atoms with Crippen molar-refractivity contribution in [3.8, 4) is 5.75 Å². The fourth-order valence-electron chi connectivity index (χ4n) is 1.60. The fraction of sp³-hybridized carbons (Fsp3) is 0.143. The molecule has 5 heteroatoms. The molecule has 1 heterocycles. The molecule has 0 radical (unpaired) electrons. The van der Waals surface area contributed by atoms with E-state index in [0.717, 1.165) is 15.6 Å². The molecule has 2 rings (SSSR count). The van der Waals surface area contributed by atoms with Gasteiger partial charge in [-0.1, -0.05) is 0 Å². The Balaban J connectivity index is 2.15. The largest absolute Gasteiger partial charge is 0.488 e. The first-order valence-electron chi connectivity index (χ1n) is 5.62. The van der Waals surface area contributed by atoms with Crippen molar-refractivity contribution in [2.45, 2.75) is 13.5 Å². The summed E-state index contributed by atoms with van der Waals surface area (Å²) < 4.78 is 6.34. The van der Waals surface area contributed by atoms with Crippen LogP contribution in [0.2, 0.25) is 0 Å². The molecular weight excluding hydrogens is 310 g/mol. The van der Waals surface area contributed by atoms with E-state index in [-0.39, 0.29) is 5.56 Å². The van der Waals surface area contributed by atoms with Gasteiger partial charge in [-0.3, -0.25) is 4.98 Å². The van der Waals surface area contributed by atoms with E-state index in [1.54, 1.807) is 18.5 Å². The van der Waals surface area contributed by atoms with Crippen molar-refractivity contribution in [2.24, 2.45) is 0 Å². The van der Waals surface area contributed by atoms with Gasteiger partial charge in [0.2, 0.25) is 0 Å². The zero-order valence-corrected chi connectivity index (χ0v) is 11.8. The highest BCUT2D eigenvalue weighted by Gasteiger charge is 2.08. The summed E-state index contributed by atoms with van der Waals surface area (Å²) in [6, 6.07) is 6.65. The molecule has 1 N–H and O–H groups in total. The molecule has 0 aliphatic rings. The minimum atomic E-state index is -0.977. The lowest BCUT2D eigenvalue weighted by atomic mass is 10.2. The normalized spacial score (nSPS) is 10.2. The van der Waals surface area contributed by atoms with Crippen molar-refractivity contribution in [3.63, 3.8) is 0 Å². The number of halogens is 1. The quantitative estimate of drug-likeness (QED) is 0.937. The maximum atomic E-state index is 10.9. The lowest BCUT2D eigenvalue weighted by Gasteiger charge is -2.09. The van der Waals surface area contributed by atoms with Crippen molar-refractivity contribution in [3.05, 3.63) is 57.8 Å². The summed E-state index contributed by atoms with van der Waals surface area (Å²) in [6.45, 7) is 2.30. The summed E-state index contributed by atoms with van der Waals surface area (Å²) in [6.07, 6.45) is 3.49. The van der Waals surface area contributed by atoms with Crippen molar-refractivity contribution in [2.75, 3.05) is 0 Å². The molecular formula is C14H12BrNO3. The third-order valence-electron chi connectivity index (χ3n) is 2.50. The molecule has 2 aromatic rings. The van der Waals surface area contributed by atoms with Crippen LogP contribution < -0.4 is 4.74 Å². The number of nitrogens with zero attached hydrogens (tertiary/aromatic N) is 1. The predicted molar refractivity (Wildman–Crippen MR) is 74.4 cm³/mol. The molecule has 0 saturated carbocycles. The molecule has 0 amide bonds. The maximum Gasteiger partial charge on any atom is 0.335 e. The number of benzene rings is 1. The zero-order valence-electron chi connectivity index (χ0n) is 10.3. The maximum absolute atomic E-state index is 10.9. The molecule has 0 spiro atoms. The topological polar surface area (TPSA) is 59.4 Å². The number of pyridine rings is 1. The smallest absolute Gasteiger partial charge is 0.335 e. The van der Waals surface area contributed by atoms with Crippen LogP contribution >= 0.6 is 15.9 Å². The lowest BCUT2D eigenvalue weighted by molar-refractivity contribution is 0.0696. The second-order valence-corrected chi connectivity index (χ2v) is 4.96. The Morgan fingerprint density at radius 1 is 1.37 bits per heavy atom. The summed E-state index contributed by atoms with van der Waals surface area (Å²) in [5.74, 6) is -0.476. The third kappa shape index (κ3) is 3.54. The van der Waals surface area contributed by atoms with Gasteiger partial charge in [0, 0.05) is 18.0 Å². The molecule has 0 saturated heterocycles. The molecule has 98 valence electrons. The van der Waals surface area contributed by atoms with E-state index in [1.807, 2.05) is 13.0 Å². The standard InChI is InChI=1S/C14H12BrNO3/c1-9-4-10(7-16-6-9)8-19-13-5-11(14(17)18)2-3-12(13)15/h2-7H,8H2,1H3,(H,17,18). The van der Waals surface area contributed by atoms with E-state index in [9.17, 15) is 4.79 Å². The van der Waals surface area contributed by atoms with Crippen LogP contribution in [0.1, 0.15) is 21.5 Å². The number of rotatable bonds is 4. The van der Waals surface area contributed by atoms with Crippen molar-refractivity contribution < 1.29 is 14.6 Å². The number of aryl methyl sites for hydroxylation is 1. The minimum absolute atomic E-state index is 0.195. The van der Waals surface area contributed by atoms with Gasteiger partial charge in [-0.25, -0.2) is 4.79 Å². The van der Waals surface area contributed by atoms with Gasteiger partial charge < -0.3 is 9.84 Å². The van der Waals surface area contributed by atoms with E-state index in [2.05, 4.69) is 20.9 Å². The highest BCUT2D eigenvalue weighted by molar-refractivity contribution is 9.10. The number of hydrogen-bond acceptors (Lipinski definition) is 3. The number of hydrogen-bond donors (Lipinski definition) is 1. The van der Waals surface area contributed by atoms with Gasteiger partial charge in [0.05, 0.1) is 10.0 Å². The van der Waals surface area contributed by atoms with E-state index in [4.69, 9.17) is 9.84 Å². The number of aromatic nitrogens is 1. The average Bonchev–Trinajstić information content (AvgIpc) is 2.37. The van der Waals surface area contributed by atoms with Gasteiger partial charge in [0.25, 0.3) is 0 Å². The number of carboxylic acid groups (broad SMARTS) is 1. The van der Waals surface area contributed by atoms with Gasteiger partial charge in [-0.05, 0) is 52.7 Å².